The number of benzene rings is 1. The fourth-order valence-corrected chi connectivity index (χ4v) is 1.58. The average molecular weight is 193 g/mol. The molecule has 1 aromatic carbocycles. The molecule has 0 saturated carbocycles. The van der Waals surface area contributed by atoms with Crippen LogP contribution in [0.4, 0.5) is 5.69 Å². The highest BCUT2D eigenvalue weighted by Crippen LogP contribution is 2.39. The van der Waals surface area contributed by atoms with Crippen molar-refractivity contribution in [2.24, 2.45) is 0 Å². The molecule has 3 nitrogen and oxygen atoms in total. The van der Waals surface area contributed by atoms with Gasteiger partial charge in [-0.1, -0.05) is 6.07 Å². The van der Waals surface area contributed by atoms with Gasteiger partial charge in [-0.15, -0.1) is 0 Å². The van der Waals surface area contributed by atoms with Gasteiger partial charge in [-0.05, 0) is 26.0 Å². The predicted octanol–water partition coefficient (Wildman–Crippen LogP) is 2.28. The third kappa shape index (κ3) is 1.50. The highest BCUT2D eigenvalue weighted by atomic mass is 16.5. The number of nitrogens with one attached hydrogen (secondary N) is 1. The lowest BCUT2D eigenvalue weighted by atomic mass is 10.1. The molecule has 2 rings (SSSR count). The Labute approximate surface area is 84.0 Å². The first-order chi connectivity index (χ1) is 6.62. The Morgan fingerprint density at radius 3 is 2.93 bits per heavy atom. The van der Waals surface area contributed by atoms with E-state index in [1.807, 2.05) is 18.2 Å². The van der Waals surface area contributed by atoms with Gasteiger partial charge >= 0.3 is 0 Å². The Morgan fingerprint density at radius 2 is 2.21 bits per heavy atom. The van der Waals surface area contributed by atoms with Gasteiger partial charge in [-0.3, -0.25) is 0 Å². The monoisotopic (exact) mass is 193 g/mol. The van der Waals surface area contributed by atoms with Crippen LogP contribution in [0.25, 0.3) is 0 Å². The zero-order valence-electron chi connectivity index (χ0n) is 8.76. The van der Waals surface area contributed by atoms with Crippen LogP contribution in [0.1, 0.15) is 13.8 Å². The van der Waals surface area contributed by atoms with Gasteiger partial charge in [0, 0.05) is 0 Å². The average Bonchev–Trinajstić information content (AvgIpc) is 2.15. The maximum Gasteiger partial charge on any atom is 0.147 e. The molecule has 0 amide bonds. The highest BCUT2D eigenvalue weighted by molar-refractivity contribution is 5.67. The minimum absolute atomic E-state index is 0.153. The molecule has 0 aliphatic carbocycles. The largest absolute Gasteiger partial charge is 0.494 e. The van der Waals surface area contributed by atoms with E-state index in [4.69, 9.17) is 9.47 Å². The minimum Gasteiger partial charge on any atom is -0.494 e. The van der Waals surface area contributed by atoms with Crippen LogP contribution in [-0.2, 0) is 0 Å². The highest BCUT2D eigenvalue weighted by Gasteiger charge is 2.27. The number of hydrogen-bond donors (Lipinski definition) is 1. The Morgan fingerprint density at radius 1 is 1.43 bits per heavy atom. The van der Waals surface area contributed by atoms with E-state index < -0.39 is 0 Å². The number of hydrogen-bond acceptors (Lipinski definition) is 3. The van der Waals surface area contributed by atoms with Gasteiger partial charge in [0.25, 0.3) is 0 Å². The molecule has 0 spiro atoms. The summed E-state index contributed by atoms with van der Waals surface area (Å²) in [6, 6.07) is 5.81. The van der Waals surface area contributed by atoms with Crippen molar-refractivity contribution in [2.45, 2.75) is 19.4 Å². The summed E-state index contributed by atoms with van der Waals surface area (Å²) < 4.78 is 11.1. The summed E-state index contributed by atoms with van der Waals surface area (Å²) in [5.41, 5.74) is 0.800. The molecule has 0 radical (unpaired) electrons. The van der Waals surface area contributed by atoms with E-state index in [0.717, 1.165) is 23.7 Å². The fourth-order valence-electron chi connectivity index (χ4n) is 1.58. The summed E-state index contributed by atoms with van der Waals surface area (Å²) in [5, 5.41) is 3.32. The Balaban J connectivity index is 2.40. The van der Waals surface area contributed by atoms with E-state index in [1.54, 1.807) is 7.11 Å². The molecule has 0 atom stereocenters. The fraction of sp³-hybridized carbons (Fsp3) is 0.455. The van der Waals surface area contributed by atoms with Crippen molar-refractivity contribution in [1.82, 2.24) is 0 Å². The van der Waals surface area contributed by atoms with Crippen molar-refractivity contribution in [3.63, 3.8) is 0 Å². The molecule has 76 valence electrons. The zero-order chi connectivity index (χ0) is 10.2. The maximum absolute atomic E-state index is 5.82. The molecule has 1 heterocycles. The van der Waals surface area contributed by atoms with Crippen molar-refractivity contribution >= 4 is 5.69 Å². The molecule has 0 bridgehead atoms. The molecule has 14 heavy (non-hydrogen) atoms. The summed E-state index contributed by atoms with van der Waals surface area (Å²) in [7, 11) is 1.66. The van der Waals surface area contributed by atoms with Crippen molar-refractivity contribution in [2.75, 3.05) is 19.0 Å². The Bertz CT molecular complexity index is 347. The molecular weight excluding hydrogens is 178 g/mol. The third-order valence-electron chi connectivity index (χ3n) is 2.29. The van der Waals surface area contributed by atoms with E-state index in [2.05, 4.69) is 19.2 Å². The Hall–Kier alpha value is -1.38. The second kappa shape index (κ2) is 3.08. The summed E-state index contributed by atoms with van der Waals surface area (Å²) >= 11 is 0. The second-order valence-electron chi connectivity index (χ2n) is 4.05. The van der Waals surface area contributed by atoms with Crippen molar-refractivity contribution in [3.8, 4) is 11.5 Å². The molecule has 0 unspecified atom stereocenters. The summed E-state index contributed by atoms with van der Waals surface area (Å²) in [4.78, 5) is 0. The summed E-state index contributed by atoms with van der Waals surface area (Å²) in [6.07, 6.45) is 0. The van der Waals surface area contributed by atoms with Gasteiger partial charge in [0.2, 0.25) is 0 Å². The number of fused-ring (bicyclic) bond motifs is 1. The second-order valence-corrected chi connectivity index (χ2v) is 4.05. The van der Waals surface area contributed by atoms with Crippen molar-refractivity contribution in [1.29, 1.82) is 0 Å². The Kier molecular flexibility index (Phi) is 2.02. The summed E-state index contributed by atoms with van der Waals surface area (Å²) in [6.45, 7) is 4.91. The van der Waals surface area contributed by atoms with Gasteiger partial charge in [0.1, 0.15) is 22.8 Å². The first kappa shape index (κ1) is 9.19. The van der Waals surface area contributed by atoms with Crippen LogP contribution in [0.3, 0.4) is 0 Å². The van der Waals surface area contributed by atoms with Crippen molar-refractivity contribution in [3.05, 3.63) is 18.2 Å². The first-order valence-electron chi connectivity index (χ1n) is 4.72. The van der Waals surface area contributed by atoms with Crippen LogP contribution in [-0.4, -0.2) is 19.3 Å². The van der Waals surface area contributed by atoms with Crippen LogP contribution in [0.15, 0.2) is 18.2 Å². The number of anilines is 1. The molecular formula is C11H15NO2. The lowest BCUT2D eigenvalue weighted by Gasteiger charge is -2.34. The summed E-state index contributed by atoms with van der Waals surface area (Å²) in [5.74, 6) is 1.69. The van der Waals surface area contributed by atoms with Gasteiger partial charge in [-0.25, -0.2) is 0 Å². The first-order valence-corrected chi connectivity index (χ1v) is 4.72. The molecule has 1 aliphatic rings. The topological polar surface area (TPSA) is 30.5 Å². The molecule has 1 aliphatic heterocycles. The quantitative estimate of drug-likeness (QED) is 0.742. The van der Waals surface area contributed by atoms with Crippen LogP contribution in [0.2, 0.25) is 0 Å². The normalized spacial score (nSPS) is 17.6. The smallest absolute Gasteiger partial charge is 0.147 e. The van der Waals surface area contributed by atoms with Gasteiger partial charge < -0.3 is 14.8 Å². The number of methoxy groups -OCH3 is 1. The van der Waals surface area contributed by atoms with Crippen LogP contribution < -0.4 is 14.8 Å². The molecule has 1 N–H and O–H groups in total. The van der Waals surface area contributed by atoms with E-state index in [9.17, 15) is 0 Å². The molecule has 0 aromatic heterocycles. The van der Waals surface area contributed by atoms with E-state index in [0.29, 0.717) is 0 Å². The van der Waals surface area contributed by atoms with E-state index in [1.165, 1.54) is 0 Å². The number of ether oxygens (including phenoxy) is 2. The number of para-hydroxylation sites is 1. The SMILES string of the molecule is COc1cccc2c1NCC(C)(C)O2. The standard InChI is InChI=1S/C11H15NO2/c1-11(2)7-12-10-8(13-3)5-4-6-9(10)14-11/h4-6,12H,7H2,1-3H3. The van der Waals surface area contributed by atoms with Crippen LogP contribution in [0, 0.1) is 0 Å². The van der Waals surface area contributed by atoms with Gasteiger partial charge in [0.05, 0.1) is 13.7 Å². The lowest BCUT2D eigenvalue weighted by Crippen LogP contribution is -2.40. The van der Waals surface area contributed by atoms with Crippen molar-refractivity contribution < 1.29 is 9.47 Å². The predicted molar refractivity (Wildman–Crippen MR) is 56.2 cm³/mol. The zero-order valence-corrected chi connectivity index (χ0v) is 8.76. The third-order valence-corrected chi connectivity index (χ3v) is 2.29. The molecule has 3 heteroatoms. The maximum atomic E-state index is 5.82. The van der Waals surface area contributed by atoms with E-state index >= 15 is 0 Å². The minimum atomic E-state index is -0.153. The van der Waals surface area contributed by atoms with Gasteiger partial charge in [0.15, 0.2) is 0 Å². The molecule has 1 aromatic rings. The van der Waals surface area contributed by atoms with E-state index in [-0.39, 0.29) is 5.60 Å². The molecule has 0 saturated heterocycles. The number of rotatable bonds is 1. The molecule has 0 fully saturated rings. The lowest BCUT2D eigenvalue weighted by molar-refractivity contribution is 0.115. The van der Waals surface area contributed by atoms with Gasteiger partial charge in [-0.2, -0.15) is 0 Å². The van der Waals surface area contributed by atoms with Crippen LogP contribution >= 0.6 is 0 Å². The van der Waals surface area contributed by atoms with Crippen LogP contribution in [0.5, 0.6) is 11.5 Å².